The van der Waals surface area contributed by atoms with E-state index in [4.69, 9.17) is 0 Å². The Morgan fingerprint density at radius 2 is 0.382 bits per heavy atom. The summed E-state index contributed by atoms with van der Waals surface area (Å²) in [6, 6.07) is 72.6. The van der Waals surface area contributed by atoms with Gasteiger partial charge in [0.05, 0.1) is 0 Å². The van der Waals surface area contributed by atoms with Gasteiger partial charge in [-0.1, -0.05) is 97.1 Å². The van der Waals surface area contributed by atoms with E-state index >= 15 is 0 Å². The number of pyridine rings is 4. The Labute approximate surface area is 396 Å². The quantitative estimate of drug-likeness (QED) is 0.107. The lowest BCUT2D eigenvalue weighted by Gasteiger charge is -2.08. The van der Waals surface area contributed by atoms with E-state index in [2.05, 4.69) is 262 Å². The van der Waals surface area contributed by atoms with Gasteiger partial charge in [0.2, 0.25) is 0 Å². The van der Waals surface area contributed by atoms with Crippen molar-refractivity contribution in [3.05, 3.63) is 266 Å². The lowest BCUT2D eigenvalue weighted by atomic mass is 9.97. The van der Waals surface area contributed by atoms with Gasteiger partial charge in [-0.3, -0.25) is 0 Å². The van der Waals surface area contributed by atoms with Gasteiger partial charge in [-0.25, -0.2) is 18.3 Å². The summed E-state index contributed by atoms with van der Waals surface area (Å²) in [6.45, 7) is 3.28. The molecular weight excluding hydrogens is 825 g/mol. The zero-order valence-electron chi connectivity index (χ0n) is 37.7. The number of hydrogen-bond acceptors (Lipinski definition) is 0. The predicted octanol–water partition coefficient (Wildman–Crippen LogP) is 12.6. The Kier molecular flexibility index (Phi) is 9.75. The molecule has 0 amide bonds. The average molecular weight is 873 g/mol. The first-order valence-corrected chi connectivity index (χ1v) is 23.6. The van der Waals surface area contributed by atoms with Crippen molar-refractivity contribution in [2.45, 2.75) is 26.2 Å². The molecular formula is C64H48N4+4. The van der Waals surface area contributed by atoms with Crippen LogP contribution in [0.5, 0.6) is 0 Å². The molecule has 8 aromatic carbocycles. The highest BCUT2D eigenvalue weighted by molar-refractivity contribution is 6.02. The molecule has 0 unspecified atom stereocenters. The van der Waals surface area contributed by atoms with Crippen molar-refractivity contribution in [3.8, 4) is 44.5 Å². The van der Waals surface area contributed by atoms with Crippen LogP contribution in [0, 0.1) is 0 Å². The smallest absolute Gasteiger partial charge is 0.173 e. The molecule has 320 valence electrons. The molecule has 0 aliphatic carbocycles. The largest absolute Gasteiger partial charge is 0.201 e. The highest BCUT2D eigenvalue weighted by Crippen LogP contribution is 2.32. The molecule has 0 spiro atoms. The van der Waals surface area contributed by atoms with Gasteiger partial charge in [0.1, 0.15) is 0 Å². The lowest BCUT2D eigenvalue weighted by molar-refractivity contribution is -0.688. The molecule has 0 fully saturated rings. The van der Waals surface area contributed by atoms with Crippen molar-refractivity contribution in [1.29, 1.82) is 0 Å². The number of aromatic nitrogens is 4. The number of hydrogen-bond donors (Lipinski definition) is 0. The lowest BCUT2D eigenvalue weighted by Crippen LogP contribution is -2.33. The SMILES string of the molecule is c1cc2ccc1C[n+]1ccc(cc1)-c1ccc3cc4cc(ccc4cc3c1)-c1cc[n+](cc1)Cc1ccc(cc1)C[n+]1ccc(cc1)-c1ccc3cc4cc(ccc4cc3c1)-c1cc[n+](cc1)C2. The Hall–Kier alpha value is -8.60. The molecule has 4 heteroatoms. The van der Waals surface area contributed by atoms with Gasteiger partial charge in [-0.15, -0.1) is 0 Å². The van der Waals surface area contributed by atoms with Crippen LogP contribution < -0.4 is 18.3 Å². The Bertz CT molecular complexity index is 3330. The highest BCUT2D eigenvalue weighted by atomic mass is 14.9. The minimum Gasteiger partial charge on any atom is -0.201 e. The van der Waals surface area contributed by atoms with Crippen molar-refractivity contribution >= 4 is 43.1 Å². The zero-order chi connectivity index (χ0) is 45.0. The minimum absolute atomic E-state index is 0.821. The van der Waals surface area contributed by atoms with Crippen LogP contribution in [-0.4, -0.2) is 0 Å². The van der Waals surface area contributed by atoms with E-state index in [0.717, 1.165) is 26.2 Å². The third-order valence-electron chi connectivity index (χ3n) is 14.0. The molecule has 68 heavy (non-hydrogen) atoms. The maximum Gasteiger partial charge on any atom is 0.173 e. The maximum atomic E-state index is 2.33. The predicted molar refractivity (Wildman–Crippen MR) is 275 cm³/mol. The van der Waals surface area contributed by atoms with Gasteiger partial charge in [-0.05, 0) is 136 Å². The Morgan fingerprint density at radius 1 is 0.176 bits per heavy atom. The van der Waals surface area contributed by atoms with Crippen LogP contribution in [0.4, 0.5) is 0 Å². The van der Waals surface area contributed by atoms with Crippen LogP contribution in [0.25, 0.3) is 87.6 Å². The van der Waals surface area contributed by atoms with Crippen LogP contribution in [0.3, 0.4) is 0 Å². The monoisotopic (exact) mass is 872 g/mol. The van der Waals surface area contributed by atoms with E-state index in [-0.39, 0.29) is 0 Å². The molecule has 0 saturated heterocycles. The van der Waals surface area contributed by atoms with Crippen molar-refractivity contribution in [2.24, 2.45) is 0 Å². The first-order chi connectivity index (χ1) is 33.5. The Balaban J connectivity index is 0.803. The summed E-state index contributed by atoms with van der Waals surface area (Å²) in [5.41, 5.74) is 14.9. The summed E-state index contributed by atoms with van der Waals surface area (Å²) in [5.74, 6) is 0. The second kappa shape index (κ2) is 16.7. The van der Waals surface area contributed by atoms with E-state index in [0.29, 0.717) is 0 Å². The topological polar surface area (TPSA) is 15.5 Å². The second-order valence-electron chi connectivity index (χ2n) is 18.6. The molecule has 0 atom stereocenters. The maximum absolute atomic E-state index is 2.33. The van der Waals surface area contributed by atoms with Crippen LogP contribution in [0.15, 0.2) is 244 Å². The molecule has 12 aromatic rings. The molecule has 24 bridgehead atoms. The molecule has 34 heterocycles. The second-order valence-corrected chi connectivity index (χ2v) is 18.6. The number of nitrogens with zero attached hydrogens (tertiary/aromatic N) is 4. The van der Waals surface area contributed by atoms with Gasteiger partial charge in [0, 0.05) is 70.8 Å². The third kappa shape index (κ3) is 7.97. The standard InChI is InChI=1S/C64H48N4/c1-2-46-4-3-45(1)41-65-25-17-49(18-26-65)53-9-13-57-38-63-35-55(11-15-59(63)37-61(57)33-53)51-21-29-67(30-22-51)43-47-5-7-48(8-6-47)44-68-31-23-52(24-32-68)56-12-16-60-39-62-34-54(10-14-58(62)40-64(60)36-56)50-19-27-66(42-46)28-20-50/h1-40H,41-44H2/q+4. The molecule has 0 saturated carbocycles. The molecule has 4 nitrogen and oxygen atoms in total. The van der Waals surface area contributed by atoms with Gasteiger partial charge >= 0.3 is 0 Å². The molecule has 30 aliphatic heterocycles. The number of rotatable bonds is 0. The van der Waals surface area contributed by atoms with E-state index < -0.39 is 0 Å². The van der Waals surface area contributed by atoms with Gasteiger partial charge in [0.15, 0.2) is 75.8 Å². The summed E-state index contributed by atoms with van der Waals surface area (Å²) >= 11 is 0. The summed E-state index contributed by atoms with van der Waals surface area (Å²) in [5, 5.41) is 10.00. The summed E-state index contributed by atoms with van der Waals surface area (Å²) in [4.78, 5) is 0. The molecule has 0 N–H and O–H groups in total. The van der Waals surface area contributed by atoms with Gasteiger partial charge in [-0.2, -0.15) is 0 Å². The Morgan fingerprint density at radius 3 is 0.588 bits per heavy atom. The summed E-state index contributed by atoms with van der Waals surface area (Å²) in [7, 11) is 0. The fourth-order valence-electron chi connectivity index (χ4n) is 10.1. The first-order valence-electron chi connectivity index (χ1n) is 23.6. The highest BCUT2D eigenvalue weighted by Gasteiger charge is 2.13. The van der Waals surface area contributed by atoms with E-state index in [1.54, 1.807) is 0 Å². The summed E-state index contributed by atoms with van der Waals surface area (Å²) < 4.78 is 9.03. The van der Waals surface area contributed by atoms with Crippen molar-refractivity contribution < 1.29 is 18.3 Å². The van der Waals surface area contributed by atoms with Crippen molar-refractivity contribution in [3.63, 3.8) is 0 Å². The van der Waals surface area contributed by atoms with Gasteiger partial charge < -0.3 is 0 Å². The van der Waals surface area contributed by atoms with Crippen LogP contribution in [-0.2, 0) is 26.2 Å². The normalized spacial score (nSPS) is 12.5. The first kappa shape index (κ1) is 39.7. The summed E-state index contributed by atoms with van der Waals surface area (Å²) in [6.07, 6.45) is 17.6. The molecule has 30 aliphatic rings. The number of benzene rings is 8. The minimum atomic E-state index is 0.821. The molecule has 42 rings (SSSR count). The van der Waals surface area contributed by atoms with E-state index in [1.807, 2.05) is 0 Å². The zero-order valence-corrected chi connectivity index (χ0v) is 37.7. The van der Waals surface area contributed by atoms with Crippen LogP contribution >= 0.6 is 0 Å². The molecule has 0 radical (unpaired) electrons. The molecule has 4 aromatic heterocycles. The van der Waals surface area contributed by atoms with Crippen LogP contribution in [0.1, 0.15) is 22.3 Å². The van der Waals surface area contributed by atoms with Crippen LogP contribution in [0.2, 0.25) is 0 Å². The van der Waals surface area contributed by atoms with Crippen molar-refractivity contribution in [1.82, 2.24) is 0 Å². The fraction of sp³-hybridized carbons (Fsp3) is 0.0625. The van der Waals surface area contributed by atoms with E-state index in [9.17, 15) is 0 Å². The van der Waals surface area contributed by atoms with Gasteiger partial charge in [0.25, 0.3) is 0 Å². The average Bonchev–Trinajstić information content (AvgIpc) is 3.38. The van der Waals surface area contributed by atoms with E-state index in [1.165, 1.54) is 110 Å². The van der Waals surface area contributed by atoms with Crippen molar-refractivity contribution in [2.75, 3.05) is 0 Å². The fourth-order valence-corrected chi connectivity index (χ4v) is 10.1. The third-order valence-corrected chi connectivity index (χ3v) is 14.0.